The molecular formula is C16H17ClN4O2. The summed E-state index contributed by atoms with van der Waals surface area (Å²) >= 11 is 5.90. The molecule has 1 aromatic carbocycles. The molecule has 1 aliphatic carbocycles. The van der Waals surface area contributed by atoms with Crippen molar-refractivity contribution in [1.82, 2.24) is 10.1 Å². The number of rotatable bonds is 3. The Morgan fingerprint density at radius 1 is 1.30 bits per heavy atom. The van der Waals surface area contributed by atoms with E-state index in [1.165, 1.54) is 0 Å². The molecule has 1 aromatic heterocycles. The Balaban J connectivity index is 1.53. The van der Waals surface area contributed by atoms with Crippen LogP contribution in [0.4, 0.5) is 5.69 Å². The fourth-order valence-electron chi connectivity index (χ4n) is 3.13. The number of aromatic nitrogens is 2. The third kappa shape index (κ3) is 2.52. The lowest BCUT2D eigenvalue weighted by Gasteiger charge is -2.34. The molecule has 2 aliphatic rings. The molecule has 2 aromatic rings. The van der Waals surface area contributed by atoms with Crippen molar-refractivity contribution in [3.63, 3.8) is 0 Å². The van der Waals surface area contributed by atoms with Crippen LogP contribution < -0.4 is 10.6 Å². The maximum absolute atomic E-state index is 12.3. The lowest BCUT2D eigenvalue weighted by Crippen LogP contribution is -2.44. The van der Waals surface area contributed by atoms with E-state index in [4.69, 9.17) is 21.9 Å². The highest BCUT2D eigenvalue weighted by atomic mass is 35.5. The quantitative estimate of drug-likeness (QED) is 0.933. The smallest absolute Gasteiger partial charge is 0.232 e. The van der Waals surface area contributed by atoms with Gasteiger partial charge in [-0.25, -0.2) is 0 Å². The second-order valence-electron chi connectivity index (χ2n) is 6.35. The summed E-state index contributed by atoms with van der Waals surface area (Å²) < 4.78 is 5.38. The zero-order valence-corrected chi connectivity index (χ0v) is 13.3. The SMILES string of the molecule is NC1(c2noc(C3CC(=O)N(c4ccc(Cl)cc4)C3)n2)CCC1. The van der Waals surface area contributed by atoms with Gasteiger partial charge < -0.3 is 15.2 Å². The summed E-state index contributed by atoms with van der Waals surface area (Å²) in [6.45, 7) is 0.527. The molecule has 2 fully saturated rings. The number of nitrogens with two attached hydrogens (primary N) is 1. The van der Waals surface area contributed by atoms with Crippen molar-refractivity contribution in [2.45, 2.75) is 37.1 Å². The largest absolute Gasteiger partial charge is 0.339 e. The summed E-state index contributed by atoms with van der Waals surface area (Å²) in [5.74, 6) is 1.02. The maximum atomic E-state index is 12.3. The minimum atomic E-state index is -0.444. The van der Waals surface area contributed by atoms with E-state index in [-0.39, 0.29) is 11.8 Å². The summed E-state index contributed by atoms with van der Waals surface area (Å²) in [6, 6.07) is 7.23. The van der Waals surface area contributed by atoms with E-state index in [0.29, 0.717) is 29.7 Å². The van der Waals surface area contributed by atoms with Gasteiger partial charge in [0, 0.05) is 23.7 Å². The van der Waals surface area contributed by atoms with Crippen LogP contribution in [0.15, 0.2) is 28.8 Å². The van der Waals surface area contributed by atoms with E-state index in [1.54, 1.807) is 17.0 Å². The summed E-state index contributed by atoms with van der Waals surface area (Å²) in [5.41, 5.74) is 6.61. The second kappa shape index (κ2) is 5.32. The highest BCUT2D eigenvalue weighted by molar-refractivity contribution is 6.30. The van der Waals surface area contributed by atoms with Crippen LogP contribution in [-0.2, 0) is 10.3 Å². The molecule has 4 rings (SSSR count). The normalized spacial score (nSPS) is 23.1. The molecule has 1 saturated carbocycles. The van der Waals surface area contributed by atoms with Crippen LogP contribution >= 0.6 is 11.6 Å². The summed E-state index contributed by atoms with van der Waals surface area (Å²) in [5, 5.41) is 4.68. The number of halogens is 1. The van der Waals surface area contributed by atoms with E-state index in [2.05, 4.69) is 10.1 Å². The Morgan fingerprint density at radius 2 is 2.04 bits per heavy atom. The molecule has 1 unspecified atom stereocenters. The van der Waals surface area contributed by atoms with Gasteiger partial charge in [-0.1, -0.05) is 16.8 Å². The molecule has 6 nitrogen and oxygen atoms in total. The molecule has 23 heavy (non-hydrogen) atoms. The first kappa shape index (κ1) is 14.7. The third-order valence-corrected chi connectivity index (χ3v) is 5.00. The van der Waals surface area contributed by atoms with E-state index < -0.39 is 5.54 Å². The average molecular weight is 333 g/mol. The number of carbonyl (C=O) groups is 1. The summed E-state index contributed by atoms with van der Waals surface area (Å²) in [4.78, 5) is 18.5. The van der Waals surface area contributed by atoms with Gasteiger partial charge in [-0.3, -0.25) is 4.79 Å². The van der Waals surface area contributed by atoms with Crippen molar-refractivity contribution in [2.75, 3.05) is 11.4 Å². The van der Waals surface area contributed by atoms with Gasteiger partial charge in [-0.15, -0.1) is 0 Å². The first-order valence-electron chi connectivity index (χ1n) is 7.74. The molecule has 2 N–H and O–H groups in total. The van der Waals surface area contributed by atoms with Crippen molar-refractivity contribution >= 4 is 23.2 Å². The highest BCUT2D eigenvalue weighted by Gasteiger charge is 2.41. The van der Waals surface area contributed by atoms with Gasteiger partial charge in [-0.05, 0) is 43.5 Å². The lowest BCUT2D eigenvalue weighted by molar-refractivity contribution is -0.117. The minimum Gasteiger partial charge on any atom is -0.339 e. The Bertz CT molecular complexity index is 739. The number of benzene rings is 1. The zero-order valence-electron chi connectivity index (χ0n) is 12.5. The molecule has 0 bridgehead atoms. The third-order valence-electron chi connectivity index (χ3n) is 4.75. The van der Waals surface area contributed by atoms with Gasteiger partial charge in [-0.2, -0.15) is 4.98 Å². The molecule has 2 heterocycles. The number of amides is 1. The first-order valence-corrected chi connectivity index (χ1v) is 8.12. The van der Waals surface area contributed by atoms with Gasteiger partial charge in [0.15, 0.2) is 5.82 Å². The highest BCUT2D eigenvalue weighted by Crippen LogP contribution is 2.38. The molecule has 0 spiro atoms. The number of hydrogen-bond donors (Lipinski definition) is 1. The number of nitrogens with zero attached hydrogens (tertiary/aromatic N) is 3. The second-order valence-corrected chi connectivity index (χ2v) is 6.78. The fraction of sp³-hybridized carbons (Fsp3) is 0.438. The summed E-state index contributed by atoms with van der Waals surface area (Å²) in [6.07, 6.45) is 3.22. The van der Waals surface area contributed by atoms with Crippen LogP contribution in [0.2, 0.25) is 5.02 Å². The van der Waals surface area contributed by atoms with Gasteiger partial charge in [0.2, 0.25) is 11.8 Å². The lowest BCUT2D eigenvalue weighted by atomic mass is 9.77. The van der Waals surface area contributed by atoms with Crippen LogP contribution in [0.5, 0.6) is 0 Å². The van der Waals surface area contributed by atoms with Crippen LogP contribution in [0.1, 0.15) is 43.3 Å². The Kier molecular flexibility index (Phi) is 3.39. The van der Waals surface area contributed by atoms with Gasteiger partial charge in [0.25, 0.3) is 0 Å². The predicted molar refractivity (Wildman–Crippen MR) is 85.2 cm³/mol. The van der Waals surface area contributed by atoms with Crippen LogP contribution in [0.3, 0.4) is 0 Å². The van der Waals surface area contributed by atoms with Gasteiger partial charge >= 0.3 is 0 Å². The predicted octanol–water partition coefficient (Wildman–Crippen LogP) is 2.58. The number of hydrogen-bond acceptors (Lipinski definition) is 5. The molecule has 1 aliphatic heterocycles. The molecular weight excluding hydrogens is 316 g/mol. The monoisotopic (exact) mass is 332 g/mol. The molecule has 7 heteroatoms. The van der Waals surface area contributed by atoms with Crippen LogP contribution in [0, 0.1) is 0 Å². The molecule has 1 amide bonds. The Labute approximate surface area is 138 Å². The van der Waals surface area contributed by atoms with E-state index >= 15 is 0 Å². The van der Waals surface area contributed by atoms with Crippen molar-refractivity contribution < 1.29 is 9.32 Å². The van der Waals surface area contributed by atoms with Crippen LogP contribution in [0.25, 0.3) is 0 Å². The van der Waals surface area contributed by atoms with Crippen molar-refractivity contribution in [3.05, 3.63) is 41.0 Å². The van der Waals surface area contributed by atoms with E-state index in [9.17, 15) is 4.79 Å². The standard InChI is InChI=1S/C16H17ClN4O2/c17-11-2-4-12(5-3-11)21-9-10(8-13(21)22)14-19-15(20-23-14)16(18)6-1-7-16/h2-5,10H,1,6-9,18H2. The van der Waals surface area contributed by atoms with Crippen molar-refractivity contribution in [1.29, 1.82) is 0 Å². The van der Waals surface area contributed by atoms with Crippen LogP contribution in [-0.4, -0.2) is 22.6 Å². The van der Waals surface area contributed by atoms with Crippen molar-refractivity contribution in [3.8, 4) is 0 Å². The maximum Gasteiger partial charge on any atom is 0.232 e. The number of anilines is 1. The average Bonchev–Trinajstić information content (AvgIpc) is 3.13. The Morgan fingerprint density at radius 3 is 2.70 bits per heavy atom. The molecule has 1 saturated heterocycles. The van der Waals surface area contributed by atoms with Gasteiger partial charge in [0.05, 0.1) is 11.5 Å². The first-order chi connectivity index (χ1) is 11.0. The molecule has 120 valence electrons. The zero-order chi connectivity index (χ0) is 16.0. The van der Waals surface area contributed by atoms with Gasteiger partial charge in [0.1, 0.15) is 0 Å². The molecule has 0 radical (unpaired) electrons. The van der Waals surface area contributed by atoms with E-state index in [1.807, 2.05) is 12.1 Å². The molecule has 1 atom stereocenters. The summed E-state index contributed by atoms with van der Waals surface area (Å²) in [7, 11) is 0. The Hall–Kier alpha value is -1.92. The van der Waals surface area contributed by atoms with E-state index in [0.717, 1.165) is 24.9 Å². The van der Waals surface area contributed by atoms with Crippen molar-refractivity contribution in [2.24, 2.45) is 5.73 Å². The fourth-order valence-corrected chi connectivity index (χ4v) is 3.25. The topological polar surface area (TPSA) is 85.2 Å². The number of carbonyl (C=O) groups excluding carboxylic acids is 1. The minimum absolute atomic E-state index is 0.0446.